The lowest BCUT2D eigenvalue weighted by atomic mass is 9.87. The first-order valence-electron chi connectivity index (χ1n) is 19.3. The van der Waals surface area contributed by atoms with Crippen molar-refractivity contribution < 1.29 is 9.59 Å². The van der Waals surface area contributed by atoms with Gasteiger partial charge in [-0.3, -0.25) is 9.59 Å². The maximum atomic E-state index is 15.0. The summed E-state index contributed by atoms with van der Waals surface area (Å²) in [7, 11) is 6.32. The second-order valence-electron chi connectivity index (χ2n) is 15.4. The summed E-state index contributed by atoms with van der Waals surface area (Å²) in [6.45, 7) is 11.7. The number of fused-ring (bicyclic) bond motifs is 2. The van der Waals surface area contributed by atoms with Crippen molar-refractivity contribution in [2.24, 2.45) is 7.05 Å². The molecular formula is C45H58N4O2. The maximum Gasteiger partial charge on any atom is 0.255 e. The summed E-state index contributed by atoms with van der Waals surface area (Å²) in [4.78, 5) is 34.9. The van der Waals surface area contributed by atoms with Gasteiger partial charge in [0.1, 0.15) is 0 Å². The molecule has 0 radical (unpaired) electrons. The Balaban J connectivity index is 1.38. The molecule has 6 rings (SSSR count). The Hall–Kier alpha value is -4.16. The second kappa shape index (κ2) is 16.0. The van der Waals surface area contributed by atoms with Crippen LogP contribution in [0, 0.1) is 6.92 Å². The molecule has 0 saturated carbocycles. The summed E-state index contributed by atoms with van der Waals surface area (Å²) in [6.07, 6.45) is 8.68. The zero-order valence-electron chi connectivity index (χ0n) is 32.1. The summed E-state index contributed by atoms with van der Waals surface area (Å²) in [5.74, 6) is 0.228. The van der Waals surface area contributed by atoms with Gasteiger partial charge in [0, 0.05) is 56.1 Å². The number of aromatic nitrogens is 1. The number of carbonyl (C=O) groups excluding carboxylic acids is 2. The van der Waals surface area contributed by atoms with Gasteiger partial charge in [0.05, 0.1) is 12.1 Å². The maximum absolute atomic E-state index is 15.0. The van der Waals surface area contributed by atoms with Gasteiger partial charge in [-0.15, -0.1) is 0 Å². The van der Waals surface area contributed by atoms with E-state index in [0.29, 0.717) is 26.1 Å². The lowest BCUT2D eigenvalue weighted by Crippen LogP contribution is -2.43. The average molecular weight is 687 g/mol. The minimum Gasteiger partial charge on any atom is -0.347 e. The lowest BCUT2D eigenvalue weighted by Gasteiger charge is -2.36. The molecule has 0 saturated heterocycles. The molecule has 270 valence electrons. The van der Waals surface area contributed by atoms with Crippen molar-refractivity contribution in [1.29, 1.82) is 0 Å². The molecular weight excluding hydrogens is 629 g/mol. The first-order chi connectivity index (χ1) is 24.6. The van der Waals surface area contributed by atoms with Crippen LogP contribution in [0.25, 0.3) is 11.3 Å². The fraction of sp³-hybridized carbons (Fsp3) is 0.467. The molecule has 3 aromatic carbocycles. The van der Waals surface area contributed by atoms with Gasteiger partial charge in [0.2, 0.25) is 5.91 Å². The molecule has 1 atom stereocenters. The van der Waals surface area contributed by atoms with E-state index in [2.05, 4.69) is 124 Å². The van der Waals surface area contributed by atoms with E-state index < -0.39 is 0 Å². The number of nitrogens with zero attached hydrogens (tertiary/aromatic N) is 4. The molecule has 0 spiro atoms. The number of hydrogen-bond donors (Lipinski definition) is 0. The lowest BCUT2D eigenvalue weighted by molar-refractivity contribution is -0.131. The van der Waals surface area contributed by atoms with Crippen LogP contribution in [0.4, 0.5) is 0 Å². The van der Waals surface area contributed by atoms with Crippen LogP contribution >= 0.6 is 0 Å². The van der Waals surface area contributed by atoms with Gasteiger partial charge < -0.3 is 19.3 Å². The molecule has 51 heavy (non-hydrogen) atoms. The van der Waals surface area contributed by atoms with E-state index in [1.807, 2.05) is 4.90 Å². The van der Waals surface area contributed by atoms with Crippen molar-refractivity contribution >= 4 is 11.8 Å². The van der Waals surface area contributed by atoms with Gasteiger partial charge in [-0.1, -0.05) is 75.2 Å². The highest BCUT2D eigenvalue weighted by molar-refractivity contribution is 6.02. The van der Waals surface area contributed by atoms with E-state index in [9.17, 15) is 9.59 Å². The Bertz CT molecular complexity index is 1870. The Labute approximate surface area is 306 Å². The number of benzene rings is 3. The predicted octanol–water partition coefficient (Wildman–Crippen LogP) is 8.46. The van der Waals surface area contributed by atoms with Crippen LogP contribution in [0.5, 0.6) is 0 Å². The standard InChI is InChI=1S/C45H58N4O2/c1-8-10-16-39-32(4)47(7)44(40(39)17-11-9-2)41-26-36-22-23-48(43(50)25-33-18-20-34(21-19-33)28-46(5)6)29-38(36)27-42(41)45(51)49-30-37-15-13-12-14-35(37)24-31(49)3/h12-15,18-21,26-27,31H,8-11,16-17,22-25,28-30H2,1-7H3/t31-/m1/s1. The summed E-state index contributed by atoms with van der Waals surface area (Å²) in [6, 6.07) is 21.5. The van der Waals surface area contributed by atoms with Crippen LogP contribution in [-0.4, -0.2) is 57.8 Å². The highest BCUT2D eigenvalue weighted by atomic mass is 16.2. The van der Waals surface area contributed by atoms with E-state index >= 15 is 0 Å². The van der Waals surface area contributed by atoms with E-state index in [1.165, 1.54) is 44.8 Å². The SMILES string of the molecule is CCCCc1c(CCCC)c(-c2cc3c(cc2C(=O)N2Cc4ccccc4C[C@H]2C)CN(C(=O)Cc2ccc(CN(C)C)cc2)CC3)n(C)c1C. The number of rotatable bonds is 12. The number of amides is 2. The van der Waals surface area contributed by atoms with Gasteiger partial charge in [-0.2, -0.15) is 0 Å². The highest BCUT2D eigenvalue weighted by Crippen LogP contribution is 2.39. The highest BCUT2D eigenvalue weighted by Gasteiger charge is 2.33. The minimum atomic E-state index is 0.0893. The smallest absolute Gasteiger partial charge is 0.255 e. The van der Waals surface area contributed by atoms with Crippen molar-refractivity contribution in [2.75, 3.05) is 20.6 Å². The molecule has 2 aliphatic rings. The largest absolute Gasteiger partial charge is 0.347 e. The van der Waals surface area contributed by atoms with Crippen LogP contribution in [0.1, 0.15) is 107 Å². The zero-order valence-corrected chi connectivity index (χ0v) is 32.1. The van der Waals surface area contributed by atoms with E-state index in [4.69, 9.17) is 0 Å². The van der Waals surface area contributed by atoms with E-state index in [-0.39, 0.29) is 17.9 Å². The summed E-state index contributed by atoms with van der Waals surface area (Å²) in [5, 5.41) is 0. The third kappa shape index (κ3) is 7.86. The second-order valence-corrected chi connectivity index (χ2v) is 15.4. The van der Waals surface area contributed by atoms with Crippen molar-refractivity contribution in [3.63, 3.8) is 0 Å². The van der Waals surface area contributed by atoms with Crippen LogP contribution in [0.15, 0.2) is 60.7 Å². The third-order valence-corrected chi connectivity index (χ3v) is 11.3. The molecule has 2 aliphatic heterocycles. The van der Waals surface area contributed by atoms with E-state index in [1.54, 1.807) is 0 Å². The van der Waals surface area contributed by atoms with Crippen LogP contribution in [-0.2, 0) is 63.6 Å². The summed E-state index contributed by atoms with van der Waals surface area (Å²) < 4.78 is 2.37. The average Bonchev–Trinajstić information content (AvgIpc) is 3.36. The Morgan fingerprint density at radius 3 is 2.18 bits per heavy atom. The van der Waals surface area contributed by atoms with Gasteiger partial charge in [0.15, 0.2) is 0 Å². The topological polar surface area (TPSA) is 48.8 Å². The molecule has 6 heteroatoms. The van der Waals surface area contributed by atoms with Crippen LogP contribution in [0.2, 0.25) is 0 Å². The normalized spacial score (nSPS) is 15.6. The number of carbonyl (C=O) groups is 2. The summed E-state index contributed by atoms with van der Waals surface area (Å²) in [5.41, 5.74) is 14.4. The molecule has 0 unspecified atom stereocenters. The van der Waals surface area contributed by atoms with Gasteiger partial charge >= 0.3 is 0 Å². The Morgan fingerprint density at radius 2 is 1.49 bits per heavy atom. The zero-order chi connectivity index (χ0) is 36.2. The van der Waals surface area contributed by atoms with Gasteiger partial charge in [-0.05, 0) is 123 Å². The number of hydrogen-bond acceptors (Lipinski definition) is 3. The van der Waals surface area contributed by atoms with E-state index in [0.717, 1.165) is 80.2 Å². The van der Waals surface area contributed by atoms with Crippen molar-refractivity contribution in [3.05, 3.63) is 116 Å². The third-order valence-electron chi connectivity index (χ3n) is 11.3. The Morgan fingerprint density at radius 1 is 0.824 bits per heavy atom. The molecule has 2 amide bonds. The predicted molar refractivity (Wildman–Crippen MR) is 209 cm³/mol. The fourth-order valence-corrected chi connectivity index (χ4v) is 8.30. The molecule has 3 heterocycles. The molecule has 0 N–H and O–H groups in total. The molecule has 0 fully saturated rings. The number of unbranched alkanes of at least 4 members (excludes halogenated alkanes) is 2. The first-order valence-corrected chi connectivity index (χ1v) is 19.3. The Kier molecular flexibility index (Phi) is 11.5. The van der Waals surface area contributed by atoms with Gasteiger partial charge in [0.25, 0.3) is 5.91 Å². The quantitative estimate of drug-likeness (QED) is 0.150. The minimum absolute atomic E-state index is 0.0893. The fourth-order valence-electron chi connectivity index (χ4n) is 8.30. The van der Waals surface area contributed by atoms with Crippen molar-refractivity contribution in [2.45, 2.75) is 111 Å². The van der Waals surface area contributed by atoms with Crippen LogP contribution in [0.3, 0.4) is 0 Å². The summed E-state index contributed by atoms with van der Waals surface area (Å²) >= 11 is 0. The monoisotopic (exact) mass is 686 g/mol. The molecule has 0 aliphatic carbocycles. The molecule has 6 nitrogen and oxygen atoms in total. The van der Waals surface area contributed by atoms with Crippen molar-refractivity contribution in [1.82, 2.24) is 19.3 Å². The van der Waals surface area contributed by atoms with Crippen molar-refractivity contribution in [3.8, 4) is 11.3 Å². The first kappa shape index (κ1) is 36.6. The molecule has 0 bridgehead atoms. The molecule has 4 aromatic rings. The molecule has 1 aromatic heterocycles. The van der Waals surface area contributed by atoms with Gasteiger partial charge in [-0.25, -0.2) is 0 Å². The van der Waals surface area contributed by atoms with Crippen LogP contribution < -0.4 is 0 Å².